The van der Waals surface area contributed by atoms with Gasteiger partial charge < -0.3 is 4.74 Å². The van der Waals surface area contributed by atoms with E-state index in [9.17, 15) is 9.59 Å². The number of thiophene rings is 1. The molecule has 3 heterocycles. The molecule has 148 valence electrons. The fraction of sp³-hybridized carbons (Fsp3) is 0.190. The predicted octanol–water partition coefficient (Wildman–Crippen LogP) is 3.51. The van der Waals surface area contributed by atoms with Gasteiger partial charge in [-0.25, -0.2) is 9.79 Å². The molecule has 0 fully saturated rings. The van der Waals surface area contributed by atoms with E-state index >= 15 is 0 Å². The first-order valence-electron chi connectivity index (χ1n) is 8.98. The van der Waals surface area contributed by atoms with Crippen molar-refractivity contribution in [1.29, 1.82) is 0 Å². The molecule has 5 nitrogen and oxygen atoms in total. The molecule has 0 saturated carbocycles. The lowest BCUT2D eigenvalue weighted by molar-refractivity contribution is -0.139. The number of carbonyl (C=O) groups is 1. The van der Waals surface area contributed by atoms with Crippen LogP contribution in [0.4, 0.5) is 0 Å². The molecule has 4 rings (SSSR count). The lowest BCUT2D eigenvalue weighted by atomic mass is 10.0. The van der Waals surface area contributed by atoms with E-state index in [0.29, 0.717) is 25.6 Å². The van der Waals surface area contributed by atoms with Gasteiger partial charge in [0.1, 0.15) is 6.04 Å². The standard InChI is InChI=1S/C21H17ClN2O3S2/c1-3-27-20(26)17-12(2)23-21-24(18(17)15-8-5-9-28-15)19(25)16(29-21)11-13-6-4-7-14(22)10-13/h4-11,18H,3H2,1-2H3/b16-11+/t18-/m0/s1. The molecule has 0 aliphatic carbocycles. The normalized spacial score (nSPS) is 16.5. The Hall–Kier alpha value is -2.48. The molecule has 0 bridgehead atoms. The molecule has 2 aromatic heterocycles. The van der Waals surface area contributed by atoms with Crippen molar-refractivity contribution in [2.75, 3.05) is 6.61 Å². The van der Waals surface area contributed by atoms with Gasteiger partial charge >= 0.3 is 5.97 Å². The van der Waals surface area contributed by atoms with Crippen molar-refractivity contribution in [3.63, 3.8) is 0 Å². The molecule has 0 saturated heterocycles. The number of benzene rings is 1. The van der Waals surface area contributed by atoms with E-state index in [-0.39, 0.29) is 12.2 Å². The third-order valence-corrected chi connectivity index (χ3v) is 6.62. The molecule has 29 heavy (non-hydrogen) atoms. The number of nitrogens with zero attached hydrogens (tertiary/aromatic N) is 2. The first-order chi connectivity index (χ1) is 14.0. The van der Waals surface area contributed by atoms with Crippen molar-refractivity contribution in [1.82, 2.24) is 4.57 Å². The van der Waals surface area contributed by atoms with Crippen LogP contribution in [0.5, 0.6) is 0 Å². The molecule has 1 aliphatic rings. The summed E-state index contributed by atoms with van der Waals surface area (Å²) in [6.07, 6.45) is 1.80. The summed E-state index contributed by atoms with van der Waals surface area (Å²) in [5.41, 5.74) is 1.60. The van der Waals surface area contributed by atoms with E-state index in [0.717, 1.165) is 10.4 Å². The van der Waals surface area contributed by atoms with Crippen LogP contribution in [0.1, 0.15) is 30.3 Å². The Bertz CT molecular complexity index is 1290. The highest BCUT2D eigenvalue weighted by Crippen LogP contribution is 2.33. The van der Waals surface area contributed by atoms with Gasteiger partial charge in [-0.05, 0) is 49.1 Å². The van der Waals surface area contributed by atoms with Crippen LogP contribution in [0.2, 0.25) is 5.02 Å². The van der Waals surface area contributed by atoms with Crippen molar-refractivity contribution >= 4 is 46.3 Å². The smallest absolute Gasteiger partial charge is 0.338 e. The molecule has 0 radical (unpaired) electrons. The molecular formula is C21H17ClN2O3S2. The van der Waals surface area contributed by atoms with Gasteiger partial charge in [-0.2, -0.15) is 0 Å². The molecule has 3 aromatic rings. The summed E-state index contributed by atoms with van der Waals surface area (Å²) in [7, 11) is 0. The maximum atomic E-state index is 13.3. The van der Waals surface area contributed by atoms with Crippen molar-refractivity contribution < 1.29 is 9.53 Å². The molecule has 8 heteroatoms. The molecule has 1 aliphatic heterocycles. The van der Waals surface area contributed by atoms with Crippen LogP contribution in [0, 0.1) is 0 Å². The maximum Gasteiger partial charge on any atom is 0.338 e. The number of thiazole rings is 1. The summed E-state index contributed by atoms with van der Waals surface area (Å²) in [4.78, 5) is 32.0. The number of ether oxygens (including phenoxy) is 1. The second-order valence-electron chi connectivity index (χ2n) is 6.37. The number of esters is 1. The van der Waals surface area contributed by atoms with Gasteiger partial charge in [0.15, 0.2) is 4.80 Å². The van der Waals surface area contributed by atoms with Gasteiger partial charge in [0.2, 0.25) is 0 Å². The Morgan fingerprint density at radius 3 is 2.86 bits per heavy atom. The first kappa shape index (κ1) is 19.8. The van der Waals surface area contributed by atoms with Crippen LogP contribution < -0.4 is 14.9 Å². The summed E-state index contributed by atoms with van der Waals surface area (Å²) in [5.74, 6) is -0.448. The average Bonchev–Trinajstić information content (AvgIpc) is 3.30. The number of aromatic nitrogens is 1. The minimum absolute atomic E-state index is 0.193. The number of allylic oxidation sites excluding steroid dienone is 1. The van der Waals surface area contributed by atoms with Crippen LogP contribution in [0.25, 0.3) is 6.08 Å². The highest BCUT2D eigenvalue weighted by atomic mass is 35.5. The topological polar surface area (TPSA) is 60.7 Å². The van der Waals surface area contributed by atoms with Gasteiger partial charge in [0, 0.05) is 9.90 Å². The molecule has 0 spiro atoms. The average molecular weight is 445 g/mol. The van der Waals surface area contributed by atoms with Gasteiger partial charge in [0.25, 0.3) is 5.56 Å². The summed E-state index contributed by atoms with van der Waals surface area (Å²) in [6, 6.07) is 10.6. The van der Waals surface area contributed by atoms with E-state index in [2.05, 4.69) is 4.99 Å². The summed E-state index contributed by atoms with van der Waals surface area (Å²) >= 11 is 8.86. The van der Waals surface area contributed by atoms with Gasteiger partial charge in [-0.15, -0.1) is 11.3 Å². The Kier molecular flexibility index (Phi) is 5.54. The van der Waals surface area contributed by atoms with E-state index in [4.69, 9.17) is 16.3 Å². The second kappa shape index (κ2) is 8.10. The van der Waals surface area contributed by atoms with Crippen molar-refractivity contribution in [3.8, 4) is 0 Å². The highest BCUT2D eigenvalue weighted by Gasteiger charge is 2.33. The molecule has 0 amide bonds. The van der Waals surface area contributed by atoms with Crippen molar-refractivity contribution in [2.45, 2.75) is 19.9 Å². The zero-order chi connectivity index (χ0) is 20.5. The third-order valence-electron chi connectivity index (χ3n) is 4.48. The first-order valence-corrected chi connectivity index (χ1v) is 11.1. The largest absolute Gasteiger partial charge is 0.463 e. The molecule has 0 N–H and O–H groups in total. The summed E-state index contributed by atoms with van der Waals surface area (Å²) in [5, 5.41) is 2.53. The van der Waals surface area contributed by atoms with E-state index in [1.54, 1.807) is 36.6 Å². The molecule has 0 unspecified atom stereocenters. The number of carbonyl (C=O) groups excluding carboxylic acids is 1. The third kappa shape index (κ3) is 3.73. The molecular weight excluding hydrogens is 428 g/mol. The fourth-order valence-electron chi connectivity index (χ4n) is 3.26. The minimum atomic E-state index is -0.549. The van der Waals surface area contributed by atoms with E-state index in [1.807, 2.05) is 29.6 Å². The Morgan fingerprint density at radius 1 is 1.34 bits per heavy atom. The summed E-state index contributed by atoms with van der Waals surface area (Å²) in [6.45, 7) is 3.79. The summed E-state index contributed by atoms with van der Waals surface area (Å²) < 4.78 is 7.39. The number of fused-ring (bicyclic) bond motifs is 1. The van der Waals surface area contributed by atoms with Crippen LogP contribution in [-0.4, -0.2) is 17.1 Å². The fourth-order valence-corrected chi connectivity index (χ4v) is 5.32. The zero-order valence-corrected chi connectivity index (χ0v) is 18.1. The minimum Gasteiger partial charge on any atom is -0.463 e. The maximum absolute atomic E-state index is 13.3. The SMILES string of the molecule is CCOC(=O)C1=C(C)N=c2s/c(=C/c3cccc(Cl)c3)c(=O)n2[C@H]1c1cccs1. The number of rotatable bonds is 4. The van der Waals surface area contributed by atoms with Gasteiger partial charge in [-0.3, -0.25) is 9.36 Å². The monoisotopic (exact) mass is 444 g/mol. The number of halogens is 1. The lowest BCUT2D eigenvalue weighted by Crippen LogP contribution is -2.39. The van der Waals surface area contributed by atoms with Crippen LogP contribution in [0.3, 0.4) is 0 Å². The quantitative estimate of drug-likeness (QED) is 0.578. The second-order valence-corrected chi connectivity index (χ2v) is 8.80. The van der Waals surface area contributed by atoms with Gasteiger partial charge in [-0.1, -0.05) is 41.1 Å². The molecule has 1 atom stereocenters. The Labute approximate surface area is 179 Å². The molecule has 1 aromatic carbocycles. The lowest BCUT2D eigenvalue weighted by Gasteiger charge is -2.23. The van der Waals surface area contributed by atoms with Crippen LogP contribution in [0.15, 0.2) is 62.8 Å². The predicted molar refractivity (Wildman–Crippen MR) is 116 cm³/mol. The highest BCUT2D eigenvalue weighted by molar-refractivity contribution is 7.10. The zero-order valence-electron chi connectivity index (χ0n) is 15.7. The van der Waals surface area contributed by atoms with Crippen LogP contribution in [-0.2, 0) is 9.53 Å². The van der Waals surface area contributed by atoms with E-state index in [1.165, 1.54) is 22.7 Å². The van der Waals surface area contributed by atoms with Crippen molar-refractivity contribution in [2.24, 2.45) is 4.99 Å². The van der Waals surface area contributed by atoms with E-state index < -0.39 is 12.0 Å². The van der Waals surface area contributed by atoms with Gasteiger partial charge in [0.05, 0.1) is 22.4 Å². The Balaban J connectivity index is 1.94. The number of hydrogen-bond acceptors (Lipinski definition) is 6. The Morgan fingerprint density at radius 2 is 2.17 bits per heavy atom. The van der Waals surface area contributed by atoms with Crippen molar-refractivity contribution in [3.05, 3.63) is 88.2 Å². The number of hydrogen-bond donors (Lipinski definition) is 0. The van der Waals surface area contributed by atoms with Crippen LogP contribution >= 0.6 is 34.3 Å².